The van der Waals surface area contributed by atoms with Gasteiger partial charge in [-0.25, -0.2) is 4.98 Å². The maximum atomic E-state index is 13.0. The highest BCUT2D eigenvalue weighted by atomic mass is 16.5. The van der Waals surface area contributed by atoms with Crippen LogP contribution in [-0.4, -0.2) is 26.8 Å². The normalized spacial score (nSPS) is 12.2. The topological polar surface area (TPSA) is 69.0 Å². The lowest BCUT2D eigenvalue weighted by atomic mass is 10.0. The summed E-state index contributed by atoms with van der Waals surface area (Å²) < 4.78 is 7.71. The van der Waals surface area contributed by atoms with E-state index in [4.69, 9.17) is 9.72 Å². The van der Waals surface area contributed by atoms with Gasteiger partial charge in [0.2, 0.25) is 0 Å². The van der Waals surface area contributed by atoms with E-state index in [0.717, 1.165) is 39.0 Å². The van der Waals surface area contributed by atoms with E-state index in [9.17, 15) is 4.79 Å². The fraction of sp³-hybridized carbons (Fsp3) is 0.296. The molecule has 0 bridgehead atoms. The zero-order valence-electron chi connectivity index (χ0n) is 20.0. The van der Waals surface area contributed by atoms with Gasteiger partial charge in [0.1, 0.15) is 11.6 Å². The summed E-state index contributed by atoms with van der Waals surface area (Å²) in [6.07, 6.45) is -0.679. The Hall–Kier alpha value is -3.67. The van der Waals surface area contributed by atoms with Crippen LogP contribution in [0.5, 0.6) is 5.75 Å². The first kappa shape index (κ1) is 22.5. The molecular formula is C27H30N4O2. The standard InChI is InChI=1S/C27H30N4O2/c1-16(2)21-11-7-8-13-23(21)33-20(6)27(32)29-25-15-19(5)30-31(25)24-14-18(4)22-12-9-10-17(3)26(22)28-24/h7-16,20H,1-6H3,(H,29,32). The predicted molar refractivity (Wildman–Crippen MR) is 132 cm³/mol. The summed E-state index contributed by atoms with van der Waals surface area (Å²) in [6, 6.07) is 17.8. The van der Waals surface area contributed by atoms with Gasteiger partial charge in [0.15, 0.2) is 11.9 Å². The van der Waals surface area contributed by atoms with E-state index in [1.165, 1.54) is 0 Å². The monoisotopic (exact) mass is 442 g/mol. The summed E-state index contributed by atoms with van der Waals surface area (Å²) in [6.45, 7) is 12.0. The minimum absolute atomic E-state index is 0.247. The number of amides is 1. The van der Waals surface area contributed by atoms with Crippen LogP contribution < -0.4 is 10.1 Å². The van der Waals surface area contributed by atoms with Crippen molar-refractivity contribution in [1.82, 2.24) is 14.8 Å². The number of pyridine rings is 1. The number of nitrogens with zero attached hydrogens (tertiary/aromatic N) is 3. The molecule has 1 unspecified atom stereocenters. The Morgan fingerprint density at radius 1 is 0.970 bits per heavy atom. The van der Waals surface area contributed by atoms with E-state index >= 15 is 0 Å². The number of para-hydroxylation sites is 2. The average molecular weight is 443 g/mol. The number of aromatic nitrogens is 3. The Kier molecular flexibility index (Phi) is 6.18. The molecule has 0 spiro atoms. The van der Waals surface area contributed by atoms with Crippen molar-refractivity contribution in [2.45, 2.75) is 53.6 Å². The quantitative estimate of drug-likeness (QED) is 0.405. The first-order chi connectivity index (χ1) is 15.7. The van der Waals surface area contributed by atoms with Crippen LogP contribution in [-0.2, 0) is 4.79 Å². The van der Waals surface area contributed by atoms with Gasteiger partial charge in [0.05, 0.1) is 11.2 Å². The third kappa shape index (κ3) is 4.60. The zero-order chi connectivity index (χ0) is 23.7. The number of carbonyl (C=O) groups is 1. The lowest BCUT2D eigenvalue weighted by Crippen LogP contribution is -2.31. The SMILES string of the molecule is Cc1cc(NC(=O)C(C)Oc2ccccc2C(C)C)n(-c2cc(C)c3cccc(C)c3n2)n1. The van der Waals surface area contributed by atoms with Crippen LogP contribution in [0.4, 0.5) is 5.82 Å². The molecule has 33 heavy (non-hydrogen) atoms. The fourth-order valence-electron chi connectivity index (χ4n) is 3.95. The number of anilines is 1. The Morgan fingerprint density at radius 2 is 1.73 bits per heavy atom. The Bertz CT molecular complexity index is 1320. The summed E-state index contributed by atoms with van der Waals surface area (Å²) in [5.74, 6) is 2.00. The second-order valence-corrected chi connectivity index (χ2v) is 8.79. The maximum Gasteiger partial charge on any atom is 0.266 e. The molecular weight excluding hydrogens is 412 g/mol. The number of aryl methyl sites for hydroxylation is 3. The van der Waals surface area contributed by atoms with Crippen molar-refractivity contribution in [3.63, 3.8) is 0 Å². The van der Waals surface area contributed by atoms with Crippen LogP contribution in [0.3, 0.4) is 0 Å². The van der Waals surface area contributed by atoms with E-state index in [-0.39, 0.29) is 5.91 Å². The van der Waals surface area contributed by atoms with Gasteiger partial charge in [0.25, 0.3) is 5.91 Å². The Labute approximate surface area is 194 Å². The van der Waals surface area contributed by atoms with E-state index in [1.807, 2.05) is 62.4 Å². The predicted octanol–water partition coefficient (Wildman–Crippen LogP) is 5.88. The minimum Gasteiger partial charge on any atom is -0.481 e. The molecule has 0 aliphatic carbocycles. The molecule has 4 rings (SSSR count). The maximum absolute atomic E-state index is 13.0. The molecule has 1 amide bonds. The van der Waals surface area contributed by atoms with Crippen molar-refractivity contribution in [2.24, 2.45) is 0 Å². The first-order valence-corrected chi connectivity index (χ1v) is 11.2. The molecule has 6 heteroatoms. The number of ether oxygens (including phenoxy) is 1. The van der Waals surface area contributed by atoms with E-state index in [0.29, 0.717) is 17.6 Å². The van der Waals surface area contributed by atoms with Crippen LogP contribution in [0.25, 0.3) is 16.7 Å². The lowest BCUT2D eigenvalue weighted by molar-refractivity contribution is -0.122. The van der Waals surface area contributed by atoms with E-state index in [2.05, 4.69) is 37.3 Å². The molecule has 0 aliphatic heterocycles. The molecule has 170 valence electrons. The Morgan fingerprint density at radius 3 is 2.48 bits per heavy atom. The summed E-state index contributed by atoms with van der Waals surface area (Å²) in [5, 5.41) is 8.68. The highest BCUT2D eigenvalue weighted by Gasteiger charge is 2.20. The second kappa shape index (κ2) is 9.06. The molecule has 1 N–H and O–H groups in total. The summed E-state index contributed by atoms with van der Waals surface area (Å²) >= 11 is 0. The number of fused-ring (bicyclic) bond motifs is 1. The highest BCUT2D eigenvalue weighted by Crippen LogP contribution is 2.27. The van der Waals surface area contributed by atoms with Crippen LogP contribution in [0.2, 0.25) is 0 Å². The molecule has 2 aromatic carbocycles. The lowest BCUT2D eigenvalue weighted by Gasteiger charge is -2.19. The largest absolute Gasteiger partial charge is 0.481 e. The smallest absolute Gasteiger partial charge is 0.266 e. The van der Waals surface area contributed by atoms with Gasteiger partial charge < -0.3 is 10.1 Å². The molecule has 0 radical (unpaired) electrons. The fourth-order valence-corrected chi connectivity index (χ4v) is 3.95. The van der Waals surface area contributed by atoms with Crippen LogP contribution in [0.15, 0.2) is 54.6 Å². The van der Waals surface area contributed by atoms with Crippen LogP contribution >= 0.6 is 0 Å². The van der Waals surface area contributed by atoms with Gasteiger partial charge in [0, 0.05) is 11.5 Å². The highest BCUT2D eigenvalue weighted by molar-refractivity contribution is 5.94. The van der Waals surface area contributed by atoms with Gasteiger partial charge in [-0.2, -0.15) is 9.78 Å². The third-order valence-electron chi connectivity index (χ3n) is 5.75. The van der Waals surface area contributed by atoms with E-state index in [1.54, 1.807) is 11.6 Å². The summed E-state index contributed by atoms with van der Waals surface area (Å²) in [5.41, 5.74) is 4.99. The van der Waals surface area contributed by atoms with Gasteiger partial charge >= 0.3 is 0 Å². The minimum atomic E-state index is -0.679. The van der Waals surface area contributed by atoms with Crippen molar-refractivity contribution < 1.29 is 9.53 Å². The van der Waals surface area contributed by atoms with Gasteiger partial charge in [-0.05, 0) is 62.4 Å². The molecule has 2 heterocycles. The van der Waals surface area contributed by atoms with Gasteiger partial charge in [-0.15, -0.1) is 0 Å². The van der Waals surface area contributed by atoms with Crippen molar-refractivity contribution in [3.8, 4) is 11.6 Å². The first-order valence-electron chi connectivity index (χ1n) is 11.2. The van der Waals surface area contributed by atoms with Crippen molar-refractivity contribution >= 4 is 22.6 Å². The Balaban J connectivity index is 1.62. The number of hydrogen-bond donors (Lipinski definition) is 1. The molecule has 1 atom stereocenters. The molecule has 0 aliphatic rings. The average Bonchev–Trinajstić information content (AvgIpc) is 3.14. The molecule has 4 aromatic rings. The van der Waals surface area contributed by atoms with E-state index < -0.39 is 6.10 Å². The van der Waals surface area contributed by atoms with Gasteiger partial charge in [-0.1, -0.05) is 50.2 Å². The van der Waals surface area contributed by atoms with Gasteiger partial charge in [-0.3, -0.25) is 4.79 Å². The molecule has 2 aromatic heterocycles. The molecule has 0 saturated carbocycles. The zero-order valence-corrected chi connectivity index (χ0v) is 20.0. The van der Waals surface area contributed by atoms with Crippen LogP contribution in [0, 0.1) is 20.8 Å². The molecule has 6 nitrogen and oxygen atoms in total. The number of nitrogens with one attached hydrogen (secondary N) is 1. The van der Waals surface area contributed by atoms with Crippen molar-refractivity contribution in [3.05, 3.63) is 77.0 Å². The van der Waals surface area contributed by atoms with Crippen molar-refractivity contribution in [2.75, 3.05) is 5.32 Å². The molecule has 0 saturated heterocycles. The summed E-state index contributed by atoms with van der Waals surface area (Å²) in [7, 11) is 0. The molecule has 0 fully saturated rings. The number of benzene rings is 2. The third-order valence-corrected chi connectivity index (χ3v) is 5.75. The second-order valence-electron chi connectivity index (χ2n) is 8.79. The number of carbonyl (C=O) groups excluding carboxylic acids is 1. The number of hydrogen-bond acceptors (Lipinski definition) is 4. The number of rotatable bonds is 6. The van der Waals surface area contributed by atoms with Crippen molar-refractivity contribution in [1.29, 1.82) is 0 Å². The van der Waals surface area contributed by atoms with Crippen LogP contribution in [0.1, 0.15) is 49.1 Å². The summed E-state index contributed by atoms with van der Waals surface area (Å²) in [4.78, 5) is 17.9.